The third kappa shape index (κ3) is 10.2. The Bertz CT molecular complexity index is 1870. The van der Waals surface area contributed by atoms with Crippen LogP contribution in [0.3, 0.4) is 0 Å². The largest absolute Gasteiger partial charge is 0.394 e. The van der Waals surface area contributed by atoms with Crippen LogP contribution in [0.2, 0.25) is 0 Å². The first-order chi connectivity index (χ1) is 25.9. The van der Waals surface area contributed by atoms with Crippen molar-refractivity contribution in [2.24, 2.45) is 5.73 Å². The highest BCUT2D eigenvalue weighted by Gasteiger charge is 2.40. The zero-order valence-electron chi connectivity index (χ0n) is 30.0. The van der Waals surface area contributed by atoms with E-state index in [2.05, 4.69) is 27.4 Å². The number of nitrogens with two attached hydrogens (primary N) is 1. The van der Waals surface area contributed by atoms with Crippen LogP contribution in [0.15, 0.2) is 72.8 Å². The van der Waals surface area contributed by atoms with Gasteiger partial charge in [0.25, 0.3) is 5.91 Å². The number of aromatic nitrogens is 1. The van der Waals surface area contributed by atoms with Crippen molar-refractivity contribution >= 4 is 51.1 Å². The highest BCUT2D eigenvalue weighted by atomic mass is 16.4. The van der Waals surface area contributed by atoms with Crippen LogP contribution in [0, 0.1) is 0 Å². The summed E-state index contributed by atoms with van der Waals surface area (Å²) < 4.78 is 2.18. The highest BCUT2D eigenvalue weighted by Crippen LogP contribution is 2.31. The van der Waals surface area contributed by atoms with E-state index in [1.54, 1.807) is 36.4 Å². The lowest BCUT2D eigenvalue weighted by molar-refractivity contribution is -0.164. The van der Waals surface area contributed by atoms with Crippen molar-refractivity contribution < 1.29 is 49.8 Å². The summed E-state index contributed by atoms with van der Waals surface area (Å²) in [6.45, 7) is 0.242. The number of fused-ring (bicyclic) bond motifs is 3. The van der Waals surface area contributed by atoms with Gasteiger partial charge in [0.2, 0.25) is 17.7 Å². The molecule has 0 unspecified atom stereocenters. The molecule has 0 saturated heterocycles. The van der Waals surface area contributed by atoms with Crippen LogP contribution in [0.25, 0.3) is 21.8 Å². The Morgan fingerprint density at radius 3 is 2.17 bits per heavy atom. The molecule has 0 aliphatic heterocycles. The van der Waals surface area contributed by atoms with E-state index < -0.39 is 79.9 Å². The summed E-state index contributed by atoms with van der Waals surface area (Å²) in [7, 11) is 0. The number of anilines is 1. The standard InChI is InChI=1S/C38H50N6O10/c1-2-43-28-14-7-6-12-25(28)26-18-24(15-16-29(26)43)41-36(52)27(13-8-9-17-39)42-32(48)19-40-37(53)30(21-45)44(20-23-10-4-3-5-11-23)38(54)35(51)34(50)33(49)31(47)22-46/h3-7,10-12,14-16,18,27,30-31,33-35,45-47,49-51H,2,8-9,13,17,19-22,39H2,1H3,(H,40,53)(H,41,52)(H,42,48)/t27-,30-,31+,33+,34-,35+/m0/s1. The number of carbonyl (C=O) groups is 4. The van der Waals surface area contributed by atoms with Gasteiger partial charge in [-0.05, 0) is 62.6 Å². The molecule has 16 nitrogen and oxygen atoms in total. The first-order valence-corrected chi connectivity index (χ1v) is 17.8. The molecule has 0 bridgehead atoms. The molecule has 0 aliphatic carbocycles. The second-order valence-electron chi connectivity index (χ2n) is 12.9. The summed E-state index contributed by atoms with van der Waals surface area (Å²) in [5.74, 6) is -3.52. The molecule has 11 N–H and O–H groups in total. The fourth-order valence-corrected chi connectivity index (χ4v) is 6.28. The van der Waals surface area contributed by atoms with Gasteiger partial charge in [0, 0.05) is 40.6 Å². The molecular weight excluding hydrogens is 700 g/mol. The number of para-hydroxylation sites is 1. The lowest BCUT2D eigenvalue weighted by atomic mass is 10.0. The van der Waals surface area contributed by atoms with Crippen LogP contribution in [-0.4, -0.2) is 127 Å². The molecular formula is C38H50N6O10. The summed E-state index contributed by atoms with van der Waals surface area (Å²) in [5.41, 5.74) is 8.73. The molecule has 0 fully saturated rings. The van der Waals surface area contributed by atoms with Crippen molar-refractivity contribution in [2.75, 3.05) is 31.6 Å². The zero-order chi connectivity index (χ0) is 39.4. The molecule has 0 spiro atoms. The number of carbonyl (C=O) groups excluding carboxylic acids is 4. The number of rotatable bonds is 20. The van der Waals surface area contributed by atoms with Gasteiger partial charge in [0.1, 0.15) is 30.4 Å². The number of hydrogen-bond donors (Lipinski definition) is 10. The maximum atomic E-state index is 13.5. The van der Waals surface area contributed by atoms with E-state index in [9.17, 15) is 44.7 Å². The summed E-state index contributed by atoms with van der Waals surface area (Å²) in [6, 6.07) is 19.0. The monoisotopic (exact) mass is 750 g/mol. The number of aryl methyl sites for hydroxylation is 1. The van der Waals surface area contributed by atoms with Crippen molar-refractivity contribution in [1.29, 1.82) is 0 Å². The van der Waals surface area contributed by atoms with Crippen molar-refractivity contribution in [3.8, 4) is 0 Å². The van der Waals surface area contributed by atoms with Crippen LogP contribution in [-0.2, 0) is 32.3 Å². The van der Waals surface area contributed by atoms with Crippen LogP contribution < -0.4 is 21.7 Å². The van der Waals surface area contributed by atoms with Gasteiger partial charge in [0.05, 0.1) is 19.8 Å². The number of aliphatic hydroxyl groups excluding tert-OH is 6. The highest BCUT2D eigenvalue weighted by molar-refractivity contribution is 6.10. The summed E-state index contributed by atoms with van der Waals surface area (Å²) in [5, 5.41) is 70.0. The number of aliphatic hydroxyl groups is 6. The molecule has 4 rings (SSSR count). The molecule has 0 saturated carbocycles. The Kier molecular flexibility index (Phi) is 15.4. The van der Waals surface area contributed by atoms with Crippen LogP contribution in [0.4, 0.5) is 5.69 Å². The van der Waals surface area contributed by atoms with Gasteiger partial charge in [-0.2, -0.15) is 0 Å². The van der Waals surface area contributed by atoms with Crippen LogP contribution in [0.5, 0.6) is 0 Å². The van der Waals surface area contributed by atoms with Crippen molar-refractivity contribution in [2.45, 2.75) is 75.8 Å². The number of benzene rings is 3. The molecule has 54 heavy (non-hydrogen) atoms. The Balaban J connectivity index is 1.47. The van der Waals surface area contributed by atoms with E-state index in [0.29, 0.717) is 30.6 Å². The molecule has 0 aliphatic rings. The van der Waals surface area contributed by atoms with E-state index in [-0.39, 0.29) is 13.0 Å². The van der Waals surface area contributed by atoms with Gasteiger partial charge in [-0.1, -0.05) is 48.5 Å². The fourth-order valence-electron chi connectivity index (χ4n) is 6.28. The summed E-state index contributed by atoms with van der Waals surface area (Å²) in [4.78, 5) is 54.3. The van der Waals surface area contributed by atoms with Gasteiger partial charge < -0.3 is 61.8 Å². The van der Waals surface area contributed by atoms with Gasteiger partial charge in [-0.15, -0.1) is 0 Å². The molecule has 4 amide bonds. The Morgan fingerprint density at radius 2 is 1.50 bits per heavy atom. The third-order valence-electron chi connectivity index (χ3n) is 9.22. The normalized spacial score (nSPS) is 14.8. The molecule has 0 radical (unpaired) electrons. The zero-order valence-corrected chi connectivity index (χ0v) is 30.0. The minimum Gasteiger partial charge on any atom is -0.394 e. The quantitative estimate of drug-likeness (QED) is 0.0506. The van der Waals surface area contributed by atoms with Gasteiger partial charge in [-0.25, -0.2) is 0 Å². The molecule has 292 valence electrons. The predicted octanol–water partition coefficient (Wildman–Crippen LogP) is -0.691. The fraction of sp³-hybridized carbons (Fsp3) is 0.421. The first-order valence-electron chi connectivity index (χ1n) is 17.8. The second kappa shape index (κ2) is 19.9. The lowest BCUT2D eigenvalue weighted by Gasteiger charge is -2.34. The smallest absolute Gasteiger partial charge is 0.255 e. The maximum Gasteiger partial charge on any atom is 0.255 e. The topological polar surface area (TPSA) is 260 Å². The lowest BCUT2D eigenvalue weighted by Crippen LogP contribution is -2.58. The van der Waals surface area contributed by atoms with E-state index in [1.165, 1.54) is 0 Å². The minimum atomic E-state index is -2.38. The number of nitrogens with one attached hydrogen (secondary N) is 3. The van der Waals surface area contributed by atoms with Gasteiger partial charge >= 0.3 is 0 Å². The van der Waals surface area contributed by atoms with Crippen LogP contribution in [0.1, 0.15) is 31.7 Å². The third-order valence-corrected chi connectivity index (χ3v) is 9.22. The Morgan fingerprint density at radius 1 is 0.815 bits per heavy atom. The maximum absolute atomic E-state index is 13.5. The summed E-state index contributed by atoms with van der Waals surface area (Å²) in [6.07, 6.45) is -7.31. The van der Waals surface area contributed by atoms with Gasteiger partial charge in [-0.3, -0.25) is 19.2 Å². The summed E-state index contributed by atoms with van der Waals surface area (Å²) >= 11 is 0. The van der Waals surface area contributed by atoms with Gasteiger partial charge in [0.15, 0.2) is 6.10 Å². The average molecular weight is 751 g/mol. The van der Waals surface area contributed by atoms with Crippen LogP contribution >= 0.6 is 0 Å². The van der Waals surface area contributed by atoms with E-state index in [4.69, 9.17) is 10.8 Å². The molecule has 3 aromatic carbocycles. The Hall–Kier alpha value is -4.94. The minimum absolute atomic E-state index is 0.246. The molecule has 4 aromatic rings. The second-order valence-corrected chi connectivity index (χ2v) is 12.9. The van der Waals surface area contributed by atoms with E-state index >= 15 is 0 Å². The molecule has 1 aromatic heterocycles. The van der Waals surface area contributed by atoms with Crippen molar-refractivity contribution in [1.82, 2.24) is 20.1 Å². The Labute approximate surface area is 312 Å². The number of unbranched alkanes of at least 4 members (excludes halogenated alkanes) is 1. The number of hydrogen-bond acceptors (Lipinski definition) is 11. The average Bonchev–Trinajstić information content (AvgIpc) is 3.51. The first kappa shape index (κ1) is 41.8. The number of amides is 4. The molecule has 16 heteroatoms. The number of nitrogens with zero attached hydrogens (tertiary/aromatic N) is 2. The van der Waals surface area contributed by atoms with E-state index in [1.807, 2.05) is 36.4 Å². The molecule has 6 atom stereocenters. The van der Waals surface area contributed by atoms with E-state index in [0.717, 1.165) is 33.3 Å². The SMILES string of the molecule is CCn1c2ccccc2c2cc(NC(=O)[C@H](CCCCN)NC(=O)CNC(=O)[C@H](CO)N(Cc3ccccc3)C(=O)[C@H](O)[C@@H](O)[C@H](O)[C@H](O)CO)ccc21. The predicted molar refractivity (Wildman–Crippen MR) is 201 cm³/mol. The van der Waals surface area contributed by atoms with Crippen molar-refractivity contribution in [3.63, 3.8) is 0 Å². The molecule has 1 heterocycles. The van der Waals surface area contributed by atoms with Crippen molar-refractivity contribution in [3.05, 3.63) is 78.4 Å².